The summed E-state index contributed by atoms with van der Waals surface area (Å²) in [5.74, 6) is 0. The van der Waals surface area contributed by atoms with Crippen LogP contribution in [0.2, 0.25) is 0 Å². The molecule has 3 heteroatoms. The van der Waals surface area contributed by atoms with Crippen molar-refractivity contribution in [1.29, 1.82) is 0 Å². The van der Waals surface area contributed by atoms with Gasteiger partial charge < -0.3 is 4.74 Å². The average Bonchev–Trinajstić information content (AvgIpc) is 1.69. The Balaban J connectivity index is 2.45. The highest BCUT2D eigenvalue weighted by molar-refractivity contribution is 4.33. The molecule has 0 heterocycles. The number of rotatable bonds is 4. The summed E-state index contributed by atoms with van der Waals surface area (Å²) in [6.45, 7) is 1.05. The van der Waals surface area contributed by atoms with Gasteiger partial charge in [0.25, 0.3) is 0 Å². The van der Waals surface area contributed by atoms with Gasteiger partial charge in [0.1, 0.15) is 6.73 Å². The Labute approximate surface area is 43.3 Å². The summed E-state index contributed by atoms with van der Waals surface area (Å²) < 4.78 is 4.64. The molecular weight excluding hydrogens is 94.0 g/mol. The SMILES string of the molecule is COCCNC[O]. The molecule has 0 atom stereocenters. The minimum absolute atomic E-state index is 0.219. The highest BCUT2D eigenvalue weighted by Gasteiger charge is 1.78. The van der Waals surface area contributed by atoms with E-state index in [2.05, 4.69) is 10.1 Å². The lowest BCUT2D eigenvalue weighted by Crippen LogP contribution is -2.18. The maximum absolute atomic E-state index is 9.64. The molecule has 0 amide bonds. The van der Waals surface area contributed by atoms with Crippen molar-refractivity contribution >= 4 is 0 Å². The first-order valence-electron chi connectivity index (χ1n) is 2.19. The molecule has 0 saturated carbocycles. The van der Waals surface area contributed by atoms with Crippen LogP contribution in [-0.2, 0) is 9.84 Å². The van der Waals surface area contributed by atoms with Crippen LogP contribution in [0.25, 0.3) is 0 Å². The van der Waals surface area contributed by atoms with E-state index in [0.29, 0.717) is 13.2 Å². The predicted molar refractivity (Wildman–Crippen MR) is 25.4 cm³/mol. The van der Waals surface area contributed by atoms with Crippen LogP contribution in [0.4, 0.5) is 0 Å². The fraction of sp³-hybridized carbons (Fsp3) is 1.00. The molecule has 0 unspecified atom stereocenters. The van der Waals surface area contributed by atoms with Gasteiger partial charge in [0.15, 0.2) is 0 Å². The minimum atomic E-state index is -0.219. The predicted octanol–water partition coefficient (Wildman–Crippen LogP) is -0.390. The number of ether oxygens (including phenoxy) is 1. The largest absolute Gasteiger partial charge is 0.383 e. The minimum Gasteiger partial charge on any atom is -0.383 e. The molecule has 1 radical (unpaired) electrons. The van der Waals surface area contributed by atoms with Gasteiger partial charge in [0.05, 0.1) is 6.61 Å². The van der Waals surface area contributed by atoms with E-state index in [4.69, 9.17) is 0 Å². The van der Waals surface area contributed by atoms with Gasteiger partial charge in [-0.25, -0.2) is 5.11 Å². The fourth-order valence-electron chi connectivity index (χ4n) is 0.246. The zero-order valence-electron chi connectivity index (χ0n) is 4.44. The monoisotopic (exact) mass is 104 g/mol. The Kier molecular flexibility index (Phi) is 5.78. The van der Waals surface area contributed by atoms with Crippen molar-refractivity contribution in [3.8, 4) is 0 Å². The molecule has 7 heavy (non-hydrogen) atoms. The van der Waals surface area contributed by atoms with E-state index < -0.39 is 0 Å². The normalized spacial score (nSPS) is 9.43. The van der Waals surface area contributed by atoms with Gasteiger partial charge in [-0.05, 0) is 0 Å². The van der Waals surface area contributed by atoms with E-state index in [1.807, 2.05) is 0 Å². The molecule has 1 N–H and O–H groups in total. The van der Waals surface area contributed by atoms with Crippen LogP contribution in [0.5, 0.6) is 0 Å². The van der Waals surface area contributed by atoms with E-state index in [1.165, 1.54) is 0 Å². The third-order valence-electron chi connectivity index (χ3n) is 0.585. The summed E-state index contributed by atoms with van der Waals surface area (Å²) >= 11 is 0. The van der Waals surface area contributed by atoms with Crippen LogP contribution in [0.1, 0.15) is 0 Å². The van der Waals surface area contributed by atoms with Crippen LogP contribution < -0.4 is 5.32 Å². The van der Waals surface area contributed by atoms with Gasteiger partial charge >= 0.3 is 0 Å². The van der Waals surface area contributed by atoms with Crippen molar-refractivity contribution in [2.75, 3.05) is 27.0 Å². The van der Waals surface area contributed by atoms with Crippen LogP contribution in [0.3, 0.4) is 0 Å². The number of hydrogen-bond acceptors (Lipinski definition) is 2. The van der Waals surface area contributed by atoms with E-state index in [0.717, 1.165) is 0 Å². The number of nitrogens with one attached hydrogen (secondary N) is 1. The van der Waals surface area contributed by atoms with Crippen LogP contribution in [0.15, 0.2) is 0 Å². The lowest BCUT2D eigenvalue weighted by atomic mass is 10.7. The molecule has 0 aromatic rings. The molecule has 3 nitrogen and oxygen atoms in total. The van der Waals surface area contributed by atoms with Crippen LogP contribution in [-0.4, -0.2) is 27.0 Å². The lowest BCUT2D eigenvalue weighted by molar-refractivity contribution is 0.144. The molecule has 0 rings (SSSR count). The van der Waals surface area contributed by atoms with Gasteiger partial charge in [-0.15, -0.1) is 0 Å². The standard InChI is InChI=1S/C4H10NO2/c1-7-3-2-5-4-6/h5H,2-4H2,1H3. The first-order valence-corrected chi connectivity index (χ1v) is 2.19. The molecule has 0 aliphatic carbocycles. The third kappa shape index (κ3) is 5.88. The highest BCUT2D eigenvalue weighted by atomic mass is 16.5. The molecule has 0 aromatic carbocycles. The van der Waals surface area contributed by atoms with Crippen molar-refractivity contribution in [1.82, 2.24) is 5.32 Å². The molecule has 0 saturated heterocycles. The molecule has 0 bridgehead atoms. The van der Waals surface area contributed by atoms with Crippen LogP contribution in [0, 0.1) is 0 Å². The summed E-state index contributed by atoms with van der Waals surface area (Å²) in [5.41, 5.74) is 0. The summed E-state index contributed by atoms with van der Waals surface area (Å²) in [4.78, 5) is 0. The average molecular weight is 104 g/mol. The zero-order chi connectivity index (χ0) is 5.54. The van der Waals surface area contributed by atoms with E-state index >= 15 is 0 Å². The van der Waals surface area contributed by atoms with Gasteiger partial charge in [-0.3, -0.25) is 5.32 Å². The quantitative estimate of drug-likeness (QED) is 0.390. The summed E-state index contributed by atoms with van der Waals surface area (Å²) in [5, 5.41) is 12.2. The lowest BCUT2D eigenvalue weighted by Gasteiger charge is -1.94. The smallest absolute Gasteiger partial charge is 0.133 e. The third-order valence-corrected chi connectivity index (χ3v) is 0.585. The van der Waals surface area contributed by atoms with Crippen molar-refractivity contribution in [3.63, 3.8) is 0 Å². The van der Waals surface area contributed by atoms with E-state index in [9.17, 15) is 5.11 Å². The maximum atomic E-state index is 9.64. The zero-order valence-corrected chi connectivity index (χ0v) is 4.44. The second-order valence-electron chi connectivity index (χ2n) is 1.14. The fourth-order valence-corrected chi connectivity index (χ4v) is 0.246. The van der Waals surface area contributed by atoms with Gasteiger partial charge in [0.2, 0.25) is 0 Å². The van der Waals surface area contributed by atoms with Crippen molar-refractivity contribution in [2.24, 2.45) is 0 Å². The van der Waals surface area contributed by atoms with Gasteiger partial charge in [0, 0.05) is 13.7 Å². The first kappa shape index (κ1) is 6.88. The molecule has 0 fully saturated rings. The Morgan fingerprint density at radius 1 is 1.71 bits per heavy atom. The summed E-state index contributed by atoms with van der Waals surface area (Å²) in [6, 6.07) is 0. The Bertz CT molecular complexity index is 28.9. The molecule has 0 aromatic heterocycles. The molecular formula is C4H10NO2. The van der Waals surface area contributed by atoms with Crippen LogP contribution >= 0.6 is 0 Å². The van der Waals surface area contributed by atoms with Gasteiger partial charge in [-0.2, -0.15) is 0 Å². The van der Waals surface area contributed by atoms with Gasteiger partial charge in [-0.1, -0.05) is 0 Å². The Morgan fingerprint density at radius 3 is 2.86 bits per heavy atom. The topological polar surface area (TPSA) is 41.2 Å². The number of methoxy groups -OCH3 is 1. The molecule has 0 aliphatic rings. The summed E-state index contributed by atoms with van der Waals surface area (Å²) in [6.07, 6.45) is 0. The first-order chi connectivity index (χ1) is 3.41. The molecule has 0 aliphatic heterocycles. The second kappa shape index (κ2) is 5.88. The summed E-state index contributed by atoms with van der Waals surface area (Å²) in [7, 11) is 1.60. The molecule has 0 spiro atoms. The maximum Gasteiger partial charge on any atom is 0.133 e. The van der Waals surface area contributed by atoms with Crippen molar-refractivity contribution in [2.45, 2.75) is 0 Å². The van der Waals surface area contributed by atoms with E-state index in [1.54, 1.807) is 7.11 Å². The second-order valence-corrected chi connectivity index (χ2v) is 1.14. The number of hydrogen-bond donors (Lipinski definition) is 1. The van der Waals surface area contributed by atoms with Crippen molar-refractivity contribution in [3.05, 3.63) is 0 Å². The highest BCUT2D eigenvalue weighted by Crippen LogP contribution is 1.60. The van der Waals surface area contributed by atoms with Crippen molar-refractivity contribution < 1.29 is 9.84 Å². The molecule has 43 valence electrons. The Morgan fingerprint density at radius 2 is 2.43 bits per heavy atom. The Hall–Kier alpha value is -0.120. The van der Waals surface area contributed by atoms with E-state index in [-0.39, 0.29) is 6.73 Å².